The van der Waals surface area contributed by atoms with Crippen LogP contribution in [-0.2, 0) is 20.0 Å². The molecule has 0 aromatic heterocycles. The molecule has 12 heteroatoms. The van der Waals surface area contributed by atoms with Gasteiger partial charge in [0.05, 0.1) is 20.4 Å². The summed E-state index contributed by atoms with van der Waals surface area (Å²) in [7, 11) is -6.91. The lowest BCUT2D eigenvalue weighted by molar-refractivity contribution is -0.387. The van der Waals surface area contributed by atoms with Crippen molar-refractivity contribution >= 4 is 31.4 Å². The Labute approximate surface area is 149 Å². The van der Waals surface area contributed by atoms with Gasteiger partial charge < -0.3 is 0 Å². The lowest BCUT2D eigenvalue weighted by Gasteiger charge is -2.12. The zero-order chi connectivity index (χ0) is 19.7. The molecule has 0 aliphatic rings. The van der Waals surface area contributed by atoms with Gasteiger partial charge in [0.2, 0.25) is 15.8 Å². The van der Waals surface area contributed by atoms with Gasteiger partial charge in [-0.3, -0.25) is 14.8 Å². The summed E-state index contributed by atoms with van der Waals surface area (Å²) in [6, 6.07) is 5.92. The van der Waals surface area contributed by atoms with Crippen LogP contribution in [0.1, 0.15) is 5.56 Å². The highest BCUT2D eigenvalue weighted by Crippen LogP contribution is 2.26. The lowest BCUT2D eigenvalue weighted by Crippen LogP contribution is -2.19. The number of hydrogen-bond acceptors (Lipinski definition) is 6. The summed E-state index contributed by atoms with van der Waals surface area (Å²) in [5.74, 6) is -1.17. The Hall–Kier alpha value is -2.57. The van der Waals surface area contributed by atoms with Crippen molar-refractivity contribution in [3.05, 3.63) is 57.9 Å². The first-order valence-corrected chi connectivity index (χ1v) is 9.95. The fourth-order valence-electron chi connectivity index (χ4n) is 2.00. The largest absolute Gasteiger partial charge is 0.306 e. The van der Waals surface area contributed by atoms with E-state index in [1.54, 1.807) is 6.92 Å². The summed E-state index contributed by atoms with van der Waals surface area (Å²) in [5, 5.41) is 10.8. The van der Waals surface area contributed by atoms with Crippen LogP contribution in [0.15, 0.2) is 46.2 Å². The fourth-order valence-corrected chi connectivity index (χ4v) is 3.90. The Morgan fingerprint density at radius 2 is 1.58 bits per heavy atom. The monoisotopic (exact) mass is 403 g/mol. The highest BCUT2D eigenvalue weighted by atomic mass is 32.2. The number of hydrogen-bond donors (Lipinski definition) is 2. The number of benzene rings is 2. The summed E-state index contributed by atoms with van der Waals surface area (Å²) < 4.78 is 66.3. The van der Waals surface area contributed by atoms with E-state index in [1.807, 2.05) is 0 Å². The number of nitrogens with one attached hydrogen (secondary N) is 2. The molecule has 2 aromatic rings. The minimum absolute atomic E-state index is 0.0340. The van der Waals surface area contributed by atoms with E-state index in [0.29, 0.717) is 17.7 Å². The Bertz CT molecular complexity index is 1080. The van der Waals surface area contributed by atoms with Gasteiger partial charge in [-0.2, -0.15) is 4.39 Å². The van der Waals surface area contributed by atoms with Crippen molar-refractivity contribution in [2.75, 3.05) is 11.8 Å². The standard InChI is InChI=1S/C14H14FN3O6S2/c1-9-3-4-10(25(21,22)16-2)7-13(9)17-26(23,24)11-5-6-12(15)14(8-11)18(19)20/h3-8,16-17H,1-2H3. The van der Waals surface area contributed by atoms with Gasteiger partial charge in [-0.15, -0.1) is 0 Å². The van der Waals surface area contributed by atoms with Gasteiger partial charge in [-0.25, -0.2) is 21.6 Å². The molecular weight excluding hydrogens is 389 g/mol. The molecule has 2 aromatic carbocycles. The van der Waals surface area contributed by atoms with E-state index in [-0.39, 0.29) is 10.6 Å². The quantitative estimate of drug-likeness (QED) is 0.557. The first kappa shape index (κ1) is 19.8. The van der Waals surface area contributed by atoms with E-state index in [0.717, 1.165) is 12.1 Å². The van der Waals surface area contributed by atoms with Crippen molar-refractivity contribution in [1.82, 2.24) is 4.72 Å². The van der Waals surface area contributed by atoms with E-state index < -0.39 is 41.4 Å². The summed E-state index contributed by atoms with van der Waals surface area (Å²) in [5.41, 5.74) is -0.607. The summed E-state index contributed by atoms with van der Waals surface area (Å²) >= 11 is 0. The Morgan fingerprint density at radius 1 is 1.00 bits per heavy atom. The molecule has 2 rings (SSSR count). The maximum atomic E-state index is 13.4. The van der Waals surface area contributed by atoms with Gasteiger partial charge in [0.15, 0.2) is 0 Å². The average Bonchev–Trinajstić information content (AvgIpc) is 2.56. The lowest BCUT2D eigenvalue weighted by atomic mass is 10.2. The molecule has 0 bridgehead atoms. The van der Waals surface area contributed by atoms with Crippen LogP contribution in [0.2, 0.25) is 0 Å². The van der Waals surface area contributed by atoms with E-state index in [1.165, 1.54) is 19.2 Å². The van der Waals surface area contributed by atoms with Gasteiger partial charge >= 0.3 is 5.69 Å². The molecular formula is C14H14FN3O6S2. The van der Waals surface area contributed by atoms with Gasteiger partial charge in [0.25, 0.3) is 10.0 Å². The van der Waals surface area contributed by atoms with Crippen molar-refractivity contribution < 1.29 is 26.1 Å². The van der Waals surface area contributed by atoms with E-state index >= 15 is 0 Å². The Morgan fingerprint density at radius 3 is 2.15 bits per heavy atom. The average molecular weight is 403 g/mol. The molecule has 0 aliphatic heterocycles. The van der Waals surface area contributed by atoms with Crippen molar-refractivity contribution in [3.63, 3.8) is 0 Å². The third kappa shape index (κ3) is 3.98. The predicted octanol–water partition coefficient (Wildman–Crippen LogP) is 1.75. The minimum Gasteiger partial charge on any atom is -0.279 e. The molecule has 0 heterocycles. The maximum Gasteiger partial charge on any atom is 0.306 e. The molecule has 0 saturated heterocycles. The number of aryl methyl sites for hydroxylation is 1. The van der Waals surface area contributed by atoms with E-state index in [4.69, 9.17) is 0 Å². The second-order valence-electron chi connectivity index (χ2n) is 5.16. The topological polar surface area (TPSA) is 135 Å². The van der Waals surface area contributed by atoms with Crippen molar-refractivity contribution in [3.8, 4) is 0 Å². The normalized spacial score (nSPS) is 12.0. The van der Waals surface area contributed by atoms with Crippen LogP contribution in [0.4, 0.5) is 15.8 Å². The van der Waals surface area contributed by atoms with Gasteiger partial charge in [0.1, 0.15) is 0 Å². The van der Waals surface area contributed by atoms with Gasteiger partial charge in [-0.1, -0.05) is 6.07 Å². The maximum absolute atomic E-state index is 13.4. The molecule has 0 saturated carbocycles. The van der Waals surface area contributed by atoms with Crippen molar-refractivity contribution in [2.45, 2.75) is 16.7 Å². The molecule has 0 spiro atoms. The molecule has 140 valence electrons. The molecule has 0 amide bonds. The number of rotatable bonds is 6. The number of nitrogens with zero attached hydrogens (tertiary/aromatic N) is 1. The second kappa shape index (κ2) is 6.97. The first-order chi connectivity index (χ1) is 12.0. The Kier molecular flexibility index (Phi) is 5.30. The van der Waals surface area contributed by atoms with Crippen LogP contribution < -0.4 is 9.44 Å². The fraction of sp³-hybridized carbons (Fsp3) is 0.143. The molecule has 9 nitrogen and oxygen atoms in total. The van der Waals surface area contributed by atoms with Crippen LogP contribution in [0.25, 0.3) is 0 Å². The van der Waals surface area contributed by atoms with E-state index in [2.05, 4.69) is 9.44 Å². The van der Waals surface area contributed by atoms with Crippen LogP contribution in [0.3, 0.4) is 0 Å². The second-order valence-corrected chi connectivity index (χ2v) is 8.73. The zero-order valence-corrected chi connectivity index (χ0v) is 15.2. The number of halogens is 1. The highest BCUT2D eigenvalue weighted by molar-refractivity contribution is 7.92. The minimum atomic E-state index is -4.31. The Balaban J connectivity index is 2.49. The molecule has 0 atom stereocenters. The van der Waals surface area contributed by atoms with Gasteiger partial charge in [-0.05, 0) is 43.8 Å². The van der Waals surface area contributed by atoms with Gasteiger partial charge in [0, 0.05) is 6.07 Å². The molecule has 0 radical (unpaired) electrons. The number of nitro benzene ring substituents is 1. The van der Waals surface area contributed by atoms with Crippen LogP contribution >= 0.6 is 0 Å². The third-order valence-electron chi connectivity index (χ3n) is 3.46. The molecule has 2 N–H and O–H groups in total. The summed E-state index contributed by atoms with van der Waals surface area (Å²) in [6.45, 7) is 1.54. The summed E-state index contributed by atoms with van der Waals surface area (Å²) in [6.07, 6.45) is 0. The van der Waals surface area contributed by atoms with Crippen LogP contribution in [-0.4, -0.2) is 28.8 Å². The zero-order valence-electron chi connectivity index (χ0n) is 13.6. The SMILES string of the molecule is CNS(=O)(=O)c1ccc(C)c(NS(=O)(=O)c2ccc(F)c([N+](=O)[O-])c2)c1. The third-order valence-corrected chi connectivity index (χ3v) is 6.23. The number of sulfonamides is 2. The predicted molar refractivity (Wildman–Crippen MR) is 91.3 cm³/mol. The molecule has 0 unspecified atom stereocenters. The van der Waals surface area contributed by atoms with E-state index in [9.17, 15) is 31.3 Å². The summed E-state index contributed by atoms with van der Waals surface area (Å²) in [4.78, 5) is 9.03. The molecule has 0 fully saturated rings. The highest BCUT2D eigenvalue weighted by Gasteiger charge is 2.23. The van der Waals surface area contributed by atoms with Crippen LogP contribution in [0, 0.1) is 22.9 Å². The molecule has 26 heavy (non-hydrogen) atoms. The van der Waals surface area contributed by atoms with Crippen LogP contribution in [0.5, 0.6) is 0 Å². The first-order valence-electron chi connectivity index (χ1n) is 6.99. The molecule has 0 aliphatic carbocycles. The van der Waals surface area contributed by atoms with Crippen molar-refractivity contribution in [1.29, 1.82) is 0 Å². The smallest absolute Gasteiger partial charge is 0.279 e. The number of nitro groups is 1. The van der Waals surface area contributed by atoms with Crippen molar-refractivity contribution in [2.24, 2.45) is 0 Å². The number of anilines is 1.